The monoisotopic (exact) mass is 557 g/mol. The fourth-order valence-electron chi connectivity index (χ4n) is 6.32. The normalized spacial score (nSPS) is 20.6. The van der Waals surface area contributed by atoms with Crippen molar-refractivity contribution in [1.29, 1.82) is 0 Å². The number of ether oxygens (including phenoxy) is 2. The van der Waals surface area contributed by atoms with Crippen LogP contribution in [0.3, 0.4) is 0 Å². The first-order valence-corrected chi connectivity index (χ1v) is 14.9. The van der Waals surface area contributed by atoms with Crippen molar-refractivity contribution in [3.05, 3.63) is 35.4 Å². The molecule has 40 heavy (non-hydrogen) atoms. The van der Waals surface area contributed by atoms with E-state index >= 15 is 0 Å². The van der Waals surface area contributed by atoms with Crippen molar-refractivity contribution < 1.29 is 24.2 Å². The number of nitrogens with zero attached hydrogens (tertiary/aromatic N) is 3. The molecule has 1 saturated heterocycles. The van der Waals surface area contributed by atoms with Crippen LogP contribution in [0, 0.1) is 11.3 Å². The Morgan fingerprint density at radius 1 is 1.07 bits per heavy atom. The van der Waals surface area contributed by atoms with Crippen molar-refractivity contribution in [3.63, 3.8) is 0 Å². The maximum Gasteiger partial charge on any atom is 0.308 e. The molecule has 1 unspecified atom stereocenters. The van der Waals surface area contributed by atoms with Crippen LogP contribution in [0.15, 0.2) is 29.8 Å². The molecule has 2 heterocycles. The van der Waals surface area contributed by atoms with Crippen molar-refractivity contribution >= 4 is 11.9 Å². The van der Waals surface area contributed by atoms with Crippen LogP contribution >= 0.6 is 0 Å². The first-order valence-electron chi connectivity index (χ1n) is 14.9. The zero-order valence-corrected chi connectivity index (χ0v) is 25.7. The summed E-state index contributed by atoms with van der Waals surface area (Å²) < 4.78 is 11.1. The molecule has 1 aromatic carbocycles. The zero-order valence-electron chi connectivity index (χ0n) is 25.7. The Kier molecular flexibility index (Phi) is 11.5. The van der Waals surface area contributed by atoms with E-state index in [-0.39, 0.29) is 36.6 Å². The molecule has 3 atom stereocenters. The second kappa shape index (κ2) is 14.4. The van der Waals surface area contributed by atoms with E-state index in [1.54, 1.807) is 0 Å². The van der Waals surface area contributed by atoms with E-state index in [2.05, 4.69) is 64.6 Å². The van der Waals surface area contributed by atoms with Crippen molar-refractivity contribution in [2.24, 2.45) is 11.3 Å². The highest BCUT2D eigenvalue weighted by Gasteiger charge is 2.48. The second-order valence-corrected chi connectivity index (χ2v) is 12.7. The van der Waals surface area contributed by atoms with Crippen LogP contribution in [0.1, 0.15) is 78.2 Å². The molecule has 1 amide bonds. The smallest absolute Gasteiger partial charge is 0.308 e. The molecule has 1 aromatic rings. The van der Waals surface area contributed by atoms with Crippen LogP contribution in [0.4, 0.5) is 0 Å². The van der Waals surface area contributed by atoms with E-state index in [1.165, 1.54) is 5.57 Å². The predicted octanol–water partition coefficient (Wildman–Crippen LogP) is 5.24. The molecule has 2 aliphatic rings. The SMILES string of the molecule is CCCCN(CCCCN(C)C)C(=O)CN1C[C@H](c2ccc3c(c2)OCO3)C(C(=O)O)[C@@H]1CC(C)(C)C=C(C)C. The highest BCUT2D eigenvalue weighted by molar-refractivity contribution is 5.79. The molecular weight excluding hydrogens is 506 g/mol. The van der Waals surface area contributed by atoms with E-state index in [9.17, 15) is 14.7 Å². The van der Waals surface area contributed by atoms with Gasteiger partial charge in [-0.15, -0.1) is 0 Å². The van der Waals surface area contributed by atoms with Crippen molar-refractivity contribution in [2.45, 2.75) is 78.7 Å². The highest BCUT2D eigenvalue weighted by Crippen LogP contribution is 2.45. The number of aliphatic carboxylic acids is 1. The van der Waals surface area contributed by atoms with Crippen molar-refractivity contribution in [1.82, 2.24) is 14.7 Å². The Balaban J connectivity index is 1.88. The van der Waals surface area contributed by atoms with Crippen molar-refractivity contribution in [2.75, 3.05) is 53.6 Å². The summed E-state index contributed by atoms with van der Waals surface area (Å²) in [5.41, 5.74) is 1.91. The third kappa shape index (κ3) is 8.71. The summed E-state index contributed by atoms with van der Waals surface area (Å²) in [7, 11) is 4.14. The zero-order chi connectivity index (χ0) is 29.4. The number of carboxylic acids is 1. The summed E-state index contributed by atoms with van der Waals surface area (Å²) in [6.45, 7) is 14.0. The van der Waals surface area contributed by atoms with Gasteiger partial charge in [0.25, 0.3) is 0 Å². The first-order chi connectivity index (χ1) is 18.9. The number of likely N-dealkylation sites (tertiary alicyclic amines) is 1. The van der Waals surface area contributed by atoms with E-state index in [4.69, 9.17) is 9.47 Å². The summed E-state index contributed by atoms with van der Waals surface area (Å²) in [5.74, 6) is -0.275. The molecule has 0 aromatic heterocycles. The molecule has 0 radical (unpaired) electrons. The van der Waals surface area contributed by atoms with Crippen LogP contribution in [-0.4, -0.2) is 91.3 Å². The Morgan fingerprint density at radius 3 is 2.40 bits per heavy atom. The summed E-state index contributed by atoms with van der Waals surface area (Å²) in [5, 5.41) is 10.6. The van der Waals surface area contributed by atoms with Gasteiger partial charge in [0.2, 0.25) is 12.7 Å². The number of carbonyl (C=O) groups excluding carboxylic acids is 1. The van der Waals surface area contributed by atoms with Crippen LogP contribution < -0.4 is 9.47 Å². The number of carbonyl (C=O) groups is 2. The number of carboxylic acid groups (broad SMARTS) is 1. The maximum atomic E-state index is 13.8. The summed E-state index contributed by atoms with van der Waals surface area (Å²) >= 11 is 0. The molecule has 1 fully saturated rings. The fourth-order valence-corrected chi connectivity index (χ4v) is 6.32. The lowest BCUT2D eigenvalue weighted by molar-refractivity contribution is -0.144. The second-order valence-electron chi connectivity index (χ2n) is 12.7. The lowest BCUT2D eigenvalue weighted by atomic mass is 9.77. The number of hydrogen-bond acceptors (Lipinski definition) is 6. The molecule has 3 rings (SSSR count). The minimum Gasteiger partial charge on any atom is -0.481 e. The van der Waals surface area contributed by atoms with Gasteiger partial charge >= 0.3 is 5.97 Å². The van der Waals surface area contributed by atoms with Crippen molar-refractivity contribution in [3.8, 4) is 11.5 Å². The molecular formula is C32H51N3O5. The minimum atomic E-state index is -0.817. The number of fused-ring (bicyclic) bond motifs is 1. The van der Waals surface area contributed by atoms with E-state index in [1.807, 2.05) is 23.1 Å². The molecule has 0 spiro atoms. The van der Waals surface area contributed by atoms with Crippen LogP contribution in [0.5, 0.6) is 11.5 Å². The number of allylic oxidation sites excluding steroid dienone is 2. The summed E-state index contributed by atoms with van der Waals surface area (Å²) in [4.78, 5) is 33.0. The molecule has 224 valence electrons. The van der Waals surface area contributed by atoms with Gasteiger partial charge in [-0.3, -0.25) is 14.5 Å². The Labute approximate surface area is 241 Å². The number of amides is 1. The largest absolute Gasteiger partial charge is 0.481 e. The number of rotatable bonds is 15. The number of unbranched alkanes of at least 4 members (excludes halogenated alkanes) is 2. The molecule has 8 heteroatoms. The van der Waals surface area contributed by atoms with Gasteiger partial charge < -0.3 is 24.4 Å². The van der Waals surface area contributed by atoms with Crippen LogP contribution in [0.25, 0.3) is 0 Å². The maximum absolute atomic E-state index is 13.8. The van der Waals surface area contributed by atoms with Gasteiger partial charge in [-0.1, -0.05) is 44.9 Å². The Bertz CT molecular complexity index is 1030. The number of hydrogen-bond donors (Lipinski definition) is 1. The molecule has 0 saturated carbocycles. The molecule has 1 N–H and O–H groups in total. The quantitative estimate of drug-likeness (QED) is 0.233. The topological polar surface area (TPSA) is 82.5 Å². The third-order valence-electron chi connectivity index (χ3n) is 8.03. The Hall–Kier alpha value is -2.58. The minimum absolute atomic E-state index is 0.0961. The summed E-state index contributed by atoms with van der Waals surface area (Å²) in [6, 6.07) is 5.47. The molecule has 8 nitrogen and oxygen atoms in total. The standard InChI is InChI=1S/C32H51N3O5/c1-8-9-15-34(16-11-10-14-33(6)7)29(36)21-35-20-25(24-12-13-27-28(17-24)40-22-39-27)30(31(37)38)26(35)19-32(4,5)18-23(2)3/h12-13,17-18,25-26,30H,8-11,14-16,19-22H2,1-7H3,(H,37,38)/t25-,26+,30?/m1/s1. The van der Waals surface area contributed by atoms with Gasteiger partial charge in [0.15, 0.2) is 11.5 Å². The third-order valence-corrected chi connectivity index (χ3v) is 8.03. The fraction of sp³-hybridized carbons (Fsp3) is 0.688. The predicted molar refractivity (Wildman–Crippen MR) is 159 cm³/mol. The molecule has 0 bridgehead atoms. The van der Waals surface area contributed by atoms with E-state index < -0.39 is 11.9 Å². The summed E-state index contributed by atoms with van der Waals surface area (Å²) in [6.07, 6.45) is 6.87. The van der Waals surface area contributed by atoms with Gasteiger partial charge in [-0.05, 0) is 83.3 Å². The van der Waals surface area contributed by atoms with Gasteiger partial charge in [0.05, 0.1) is 12.5 Å². The number of benzene rings is 1. The van der Waals surface area contributed by atoms with Crippen LogP contribution in [0.2, 0.25) is 0 Å². The lowest BCUT2D eigenvalue weighted by Gasteiger charge is -2.34. The van der Waals surface area contributed by atoms with Crippen LogP contribution in [-0.2, 0) is 9.59 Å². The van der Waals surface area contributed by atoms with Gasteiger partial charge in [0.1, 0.15) is 0 Å². The first kappa shape index (κ1) is 31.9. The highest BCUT2D eigenvalue weighted by atomic mass is 16.7. The van der Waals surface area contributed by atoms with E-state index in [0.29, 0.717) is 24.5 Å². The lowest BCUT2D eigenvalue weighted by Crippen LogP contribution is -2.46. The Morgan fingerprint density at radius 2 is 1.75 bits per heavy atom. The van der Waals surface area contributed by atoms with E-state index in [0.717, 1.165) is 50.9 Å². The average Bonchev–Trinajstić information content (AvgIpc) is 3.46. The van der Waals surface area contributed by atoms with Gasteiger partial charge in [0, 0.05) is 31.6 Å². The average molecular weight is 558 g/mol. The van der Waals surface area contributed by atoms with Gasteiger partial charge in [-0.25, -0.2) is 0 Å². The van der Waals surface area contributed by atoms with Gasteiger partial charge in [-0.2, -0.15) is 0 Å². The molecule has 2 aliphatic heterocycles. The molecule has 0 aliphatic carbocycles.